The normalized spacial score (nSPS) is 12.4. The van der Waals surface area contributed by atoms with E-state index in [1.165, 1.54) is 23.5 Å². The van der Waals surface area contributed by atoms with Crippen molar-refractivity contribution in [1.82, 2.24) is 0 Å². The molecule has 1 N–H and O–H groups in total. The van der Waals surface area contributed by atoms with Gasteiger partial charge in [0.25, 0.3) is 0 Å². The van der Waals surface area contributed by atoms with Gasteiger partial charge in [-0.1, -0.05) is 0 Å². The first-order valence-electron chi connectivity index (χ1n) is 5.25. The van der Waals surface area contributed by atoms with E-state index in [9.17, 15) is 13.6 Å². The number of hydrogen-bond acceptors (Lipinski definition) is 2. The fourth-order valence-corrected chi connectivity index (χ4v) is 2.58. The second-order valence-corrected chi connectivity index (χ2v) is 4.84. The van der Waals surface area contributed by atoms with Crippen LogP contribution in [0.1, 0.15) is 18.4 Å². The first-order chi connectivity index (χ1) is 8.49. The molecule has 0 radical (unpaired) electrons. The first kappa shape index (κ1) is 12.7. The fraction of sp³-hybridized carbons (Fsp3) is 0.154. The average molecular weight is 268 g/mol. The standard InChI is InChI=1S/C13H10F2O2S/c1-7(13(16)17)8-4-12(18-6-8)10-3-2-9(14)5-11(10)15/h2-7H,1H3,(H,16,17). The number of thiophene rings is 1. The predicted octanol–water partition coefficient (Wildman–Crippen LogP) is 3.88. The molecule has 0 amide bonds. The second-order valence-electron chi connectivity index (χ2n) is 3.93. The minimum atomic E-state index is -0.932. The lowest BCUT2D eigenvalue weighted by Gasteiger charge is -2.02. The number of aliphatic carboxylic acids is 1. The van der Waals surface area contributed by atoms with Crippen LogP contribution in [0.2, 0.25) is 0 Å². The number of rotatable bonds is 3. The van der Waals surface area contributed by atoms with Crippen molar-refractivity contribution in [3.63, 3.8) is 0 Å². The molecule has 0 saturated heterocycles. The Hall–Kier alpha value is -1.75. The van der Waals surface area contributed by atoms with Crippen molar-refractivity contribution in [1.29, 1.82) is 0 Å². The van der Waals surface area contributed by atoms with Gasteiger partial charge < -0.3 is 5.11 Å². The van der Waals surface area contributed by atoms with E-state index in [2.05, 4.69) is 0 Å². The largest absolute Gasteiger partial charge is 0.481 e. The van der Waals surface area contributed by atoms with Crippen LogP contribution in [0.4, 0.5) is 8.78 Å². The van der Waals surface area contributed by atoms with E-state index in [1.807, 2.05) is 0 Å². The Morgan fingerprint density at radius 3 is 2.67 bits per heavy atom. The predicted molar refractivity (Wildman–Crippen MR) is 65.7 cm³/mol. The van der Waals surface area contributed by atoms with E-state index >= 15 is 0 Å². The highest BCUT2D eigenvalue weighted by atomic mass is 32.1. The molecule has 2 rings (SSSR count). The fourth-order valence-electron chi connectivity index (χ4n) is 1.55. The summed E-state index contributed by atoms with van der Waals surface area (Å²) < 4.78 is 26.3. The van der Waals surface area contributed by atoms with Crippen molar-refractivity contribution in [3.8, 4) is 10.4 Å². The summed E-state index contributed by atoms with van der Waals surface area (Å²) in [5.41, 5.74) is 0.900. The van der Waals surface area contributed by atoms with Crippen molar-refractivity contribution in [3.05, 3.63) is 46.8 Å². The molecule has 1 atom stereocenters. The third-order valence-electron chi connectivity index (χ3n) is 2.69. The molecular formula is C13H10F2O2S. The van der Waals surface area contributed by atoms with E-state index in [4.69, 9.17) is 5.11 Å². The van der Waals surface area contributed by atoms with Crippen molar-refractivity contribution < 1.29 is 18.7 Å². The minimum absolute atomic E-state index is 0.283. The summed E-state index contributed by atoms with van der Waals surface area (Å²) >= 11 is 1.24. The molecule has 1 aromatic carbocycles. The topological polar surface area (TPSA) is 37.3 Å². The zero-order chi connectivity index (χ0) is 13.3. The highest BCUT2D eigenvalue weighted by molar-refractivity contribution is 7.13. The van der Waals surface area contributed by atoms with Crippen molar-refractivity contribution in [2.24, 2.45) is 0 Å². The Balaban J connectivity index is 2.38. The molecule has 2 aromatic rings. The van der Waals surface area contributed by atoms with Gasteiger partial charge in [0.1, 0.15) is 11.6 Å². The van der Waals surface area contributed by atoms with E-state index in [0.29, 0.717) is 10.4 Å². The van der Waals surface area contributed by atoms with Crippen LogP contribution in [0.3, 0.4) is 0 Å². The van der Waals surface area contributed by atoms with Crippen LogP contribution in [0, 0.1) is 11.6 Å². The molecule has 0 aliphatic heterocycles. The minimum Gasteiger partial charge on any atom is -0.481 e. The number of carboxylic acids is 1. The lowest BCUT2D eigenvalue weighted by Crippen LogP contribution is -2.05. The third-order valence-corrected chi connectivity index (χ3v) is 3.67. The maximum Gasteiger partial charge on any atom is 0.310 e. The summed E-state index contributed by atoms with van der Waals surface area (Å²) in [5.74, 6) is -2.85. The van der Waals surface area contributed by atoms with Crippen LogP contribution in [0.5, 0.6) is 0 Å². The van der Waals surface area contributed by atoms with Crippen LogP contribution in [-0.2, 0) is 4.79 Å². The Morgan fingerprint density at radius 1 is 1.33 bits per heavy atom. The maximum absolute atomic E-state index is 13.6. The van der Waals surface area contributed by atoms with Gasteiger partial charge in [-0.15, -0.1) is 11.3 Å². The summed E-state index contributed by atoms with van der Waals surface area (Å²) in [7, 11) is 0. The molecular weight excluding hydrogens is 258 g/mol. The van der Waals surface area contributed by atoms with Gasteiger partial charge in [-0.2, -0.15) is 0 Å². The van der Waals surface area contributed by atoms with Gasteiger partial charge in [-0.3, -0.25) is 4.79 Å². The van der Waals surface area contributed by atoms with Crippen molar-refractivity contribution >= 4 is 17.3 Å². The molecule has 0 saturated carbocycles. The van der Waals surface area contributed by atoms with Gasteiger partial charge in [-0.05, 0) is 36.1 Å². The zero-order valence-corrected chi connectivity index (χ0v) is 10.3. The molecule has 0 spiro atoms. The van der Waals surface area contributed by atoms with E-state index < -0.39 is 23.5 Å². The molecule has 5 heteroatoms. The number of benzene rings is 1. The van der Waals surface area contributed by atoms with Gasteiger partial charge in [0.2, 0.25) is 0 Å². The quantitative estimate of drug-likeness (QED) is 0.917. The van der Waals surface area contributed by atoms with Crippen LogP contribution in [0.25, 0.3) is 10.4 Å². The third kappa shape index (κ3) is 2.41. The number of carbonyl (C=O) groups is 1. The Bertz CT molecular complexity index is 592. The second kappa shape index (κ2) is 4.86. The molecule has 0 bridgehead atoms. The van der Waals surface area contributed by atoms with Crippen LogP contribution >= 0.6 is 11.3 Å². The highest BCUT2D eigenvalue weighted by Crippen LogP contribution is 2.32. The molecule has 0 aliphatic rings. The molecule has 2 nitrogen and oxygen atoms in total. The SMILES string of the molecule is CC(C(=O)O)c1csc(-c2ccc(F)cc2F)c1. The lowest BCUT2D eigenvalue weighted by molar-refractivity contribution is -0.138. The summed E-state index contributed by atoms with van der Waals surface area (Å²) in [5, 5.41) is 10.6. The van der Waals surface area contributed by atoms with Crippen LogP contribution < -0.4 is 0 Å². The average Bonchev–Trinajstić information content (AvgIpc) is 2.77. The number of carboxylic acid groups (broad SMARTS) is 1. The van der Waals surface area contributed by atoms with E-state index in [-0.39, 0.29) is 5.56 Å². The van der Waals surface area contributed by atoms with Gasteiger partial charge in [0, 0.05) is 16.5 Å². The Morgan fingerprint density at radius 2 is 2.06 bits per heavy atom. The molecule has 94 valence electrons. The smallest absolute Gasteiger partial charge is 0.310 e. The van der Waals surface area contributed by atoms with Crippen LogP contribution in [-0.4, -0.2) is 11.1 Å². The van der Waals surface area contributed by atoms with Crippen LogP contribution in [0.15, 0.2) is 29.6 Å². The molecule has 0 fully saturated rings. The van der Waals surface area contributed by atoms with Gasteiger partial charge in [0.15, 0.2) is 0 Å². The Labute approximate surface area is 107 Å². The summed E-state index contributed by atoms with van der Waals surface area (Å²) in [6.45, 7) is 1.56. The summed E-state index contributed by atoms with van der Waals surface area (Å²) in [6.07, 6.45) is 0. The summed E-state index contributed by atoms with van der Waals surface area (Å²) in [4.78, 5) is 11.4. The molecule has 1 aromatic heterocycles. The van der Waals surface area contributed by atoms with Gasteiger partial charge >= 0.3 is 5.97 Å². The molecule has 1 heterocycles. The van der Waals surface area contributed by atoms with Gasteiger partial charge in [-0.25, -0.2) is 8.78 Å². The van der Waals surface area contributed by atoms with Crippen molar-refractivity contribution in [2.75, 3.05) is 0 Å². The Kier molecular flexibility index (Phi) is 3.43. The van der Waals surface area contributed by atoms with E-state index in [1.54, 1.807) is 18.4 Å². The molecule has 18 heavy (non-hydrogen) atoms. The monoisotopic (exact) mass is 268 g/mol. The molecule has 1 unspecified atom stereocenters. The van der Waals surface area contributed by atoms with Gasteiger partial charge in [0.05, 0.1) is 5.92 Å². The zero-order valence-electron chi connectivity index (χ0n) is 9.48. The molecule has 0 aliphatic carbocycles. The van der Waals surface area contributed by atoms with E-state index in [0.717, 1.165) is 6.07 Å². The summed E-state index contributed by atoms with van der Waals surface area (Å²) in [6, 6.07) is 4.97. The highest BCUT2D eigenvalue weighted by Gasteiger charge is 2.17. The number of halogens is 2. The lowest BCUT2D eigenvalue weighted by atomic mass is 10.0. The maximum atomic E-state index is 13.6. The number of hydrogen-bond donors (Lipinski definition) is 1. The first-order valence-corrected chi connectivity index (χ1v) is 6.13. The van der Waals surface area contributed by atoms with Crippen molar-refractivity contribution in [2.45, 2.75) is 12.8 Å².